The highest BCUT2D eigenvalue weighted by Crippen LogP contribution is 2.38. The molecule has 1 aliphatic carbocycles. The smallest absolute Gasteiger partial charge is 0.328 e. The third-order valence-electron chi connectivity index (χ3n) is 6.86. The number of aromatic amines is 1. The van der Waals surface area contributed by atoms with Crippen molar-refractivity contribution in [1.82, 2.24) is 9.88 Å². The predicted molar refractivity (Wildman–Crippen MR) is 134 cm³/mol. The number of nitrogens with zero attached hydrogens (tertiary/aromatic N) is 1. The second-order valence-corrected chi connectivity index (χ2v) is 9.53. The van der Waals surface area contributed by atoms with Crippen LogP contribution in [0.25, 0.3) is 10.9 Å². The topological polar surface area (TPSA) is 93.6 Å². The van der Waals surface area contributed by atoms with Gasteiger partial charge in [-0.2, -0.15) is 0 Å². The normalized spacial score (nSPS) is 18.4. The molecule has 3 N–H and O–H groups in total. The number of aromatic nitrogens is 1. The lowest BCUT2D eigenvalue weighted by atomic mass is 9.88. The molecule has 0 spiro atoms. The Hall–Kier alpha value is -3.16. The van der Waals surface area contributed by atoms with Gasteiger partial charge in [-0.15, -0.1) is 0 Å². The van der Waals surface area contributed by atoms with Gasteiger partial charge in [0.2, 0.25) is 0 Å². The minimum Gasteiger partial charge on any atom is -0.478 e. The van der Waals surface area contributed by atoms with Crippen LogP contribution in [-0.2, 0) is 16.0 Å². The molecule has 0 bridgehead atoms. The van der Waals surface area contributed by atoms with Crippen molar-refractivity contribution < 1.29 is 24.2 Å². The van der Waals surface area contributed by atoms with Crippen molar-refractivity contribution in [1.29, 1.82) is 0 Å². The molecule has 35 heavy (non-hydrogen) atoms. The van der Waals surface area contributed by atoms with Crippen molar-refractivity contribution in [3.8, 4) is 0 Å². The second-order valence-electron chi connectivity index (χ2n) is 9.10. The van der Waals surface area contributed by atoms with E-state index in [1.54, 1.807) is 6.07 Å². The van der Waals surface area contributed by atoms with Crippen molar-refractivity contribution >= 4 is 34.4 Å². The van der Waals surface area contributed by atoms with Gasteiger partial charge in [0.25, 0.3) is 0 Å². The van der Waals surface area contributed by atoms with E-state index in [0.29, 0.717) is 24.0 Å². The SMILES string of the molecule is Fc1ccc2[nH]cc(C3CCN(CC4CCc5ccc(Cl)cc54)CC3)c2c1.O=C(O)C=CC(=O)O. The summed E-state index contributed by atoms with van der Waals surface area (Å²) >= 11 is 6.22. The summed E-state index contributed by atoms with van der Waals surface area (Å²) in [4.78, 5) is 25.0. The highest BCUT2D eigenvalue weighted by Gasteiger charge is 2.28. The fourth-order valence-electron chi connectivity index (χ4n) is 5.18. The van der Waals surface area contributed by atoms with Gasteiger partial charge in [0, 0.05) is 40.8 Å². The number of likely N-dealkylation sites (tertiary alicyclic amines) is 1. The molecule has 6 nitrogen and oxygen atoms in total. The fourth-order valence-corrected chi connectivity index (χ4v) is 5.36. The van der Waals surface area contributed by atoms with Crippen LogP contribution in [0.15, 0.2) is 54.7 Å². The van der Waals surface area contributed by atoms with E-state index in [2.05, 4.69) is 28.2 Å². The summed E-state index contributed by atoms with van der Waals surface area (Å²) in [6.45, 7) is 3.35. The van der Waals surface area contributed by atoms with Gasteiger partial charge in [0.15, 0.2) is 0 Å². The number of fused-ring (bicyclic) bond motifs is 2. The van der Waals surface area contributed by atoms with Gasteiger partial charge < -0.3 is 20.1 Å². The predicted octanol–water partition coefficient (Wildman–Crippen LogP) is 5.58. The van der Waals surface area contributed by atoms with Crippen LogP contribution in [-0.4, -0.2) is 51.7 Å². The Labute approximate surface area is 208 Å². The summed E-state index contributed by atoms with van der Waals surface area (Å²) < 4.78 is 13.7. The summed E-state index contributed by atoms with van der Waals surface area (Å²) in [5.74, 6) is -1.54. The molecular weight excluding hydrogens is 471 g/mol. The zero-order valence-electron chi connectivity index (χ0n) is 19.2. The van der Waals surface area contributed by atoms with E-state index < -0.39 is 11.9 Å². The number of aryl methyl sites for hydroxylation is 1. The maximum absolute atomic E-state index is 13.7. The number of aliphatic carboxylic acids is 2. The standard InChI is InChI=1S/C23H24ClFN2.C4H4O4/c24-18-4-3-15-1-2-17(20(15)11-18)14-27-9-7-16(8-10-27)22-13-26-23-6-5-19(25)12-21(22)23;5-3(6)1-2-4(7)8/h3-6,11-13,16-17,26H,1-2,7-10,14H2;1-2H,(H,5,6)(H,7,8). The van der Waals surface area contributed by atoms with Crippen molar-refractivity contribution in [3.63, 3.8) is 0 Å². The van der Waals surface area contributed by atoms with Crippen LogP contribution in [0.4, 0.5) is 4.39 Å². The number of carbonyl (C=O) groups is 2. The van der Waals surface area contributed by atoms with E-state index in [1.165, 1.54) is 35.6 Å². The van der Waals surface area contributed by atoms with Crippen molar-refractivity contribution in [2.24, 2.45) is 0 Å². The van der Waals surface area contributed by atoms with Crippen molar-refractivity contribution in [3.05, 3.63) is 82.3 Å². The molecule has 1 aliphatic heterocycles. The Bertz CT molecular complexity index is 1230. The van der Waals surface area contributed by atoms with E-state index in [9.17, 15) is 14.0 Å². The molecule has 2 heterocycles. The van der Waals surface area contributed by atoms with Gasteiger partial charge in [0.1, 0.15) is 5.82 Å². The molecule has 1 unspecified atom stereocenters. The molecule has 184 valence electrons. The van der Waals surface area contributed by atoms with E-state index in [-0.39, 0.29) is 5.82 Å². The average Bonchev–Trinajstić information content (AvgIpc) is 3.42. The number of benzene rings is 2. The number of piperidine rings is 1. The van der Waals surface area contributed by atoms with Crippen LogP contribution in [0.2, 0.25) is 5.02 Å². The number of hydrogen-bond donors (Lipinski definition) is 3. The third-order valence-corrected chi connectivity index (χ3v) is 7.10. The molecule has 2 aromatic carbocycles. The van der Waals surface area contributed by atoms with Crippen LogP contribution in [0.1, 0.15) is 47.8 Å². The largest absolute Gasteiger partial charge is 0.478 e. The van der Waals surface area contributed by atoms with Gasteiger partial charge in [-0.05, 0) is 97.6 Å². The maximum atomic E-state index is 13.7. The van der Waals surface area contributed by atoms with Crippen molar-refractivity contribution in [2.45, 2.75) is 37.5 Å². The first kappa shape index (κ1) is 24.9. The quantitative estimate of drug-likeness (QED) is 0.399. The zero-order valence-corrected chi connectivity index (χ0v) is 20.0. The number of halogens is 2. The summed E-state index contributed by atoms with van der Waals surface area (Å²) in [5.41, 5.74) is 5.24. The van der Waals surface area contributed by atoms with Gasteiger partial charge in [-0.25, -0.2) is 14.0 Å². The van der Waals surface area contributed by atoms with Gasteiger partial charge in [0.05, 0.1) is 0 Å². The van der Waals surface area contributed by atoms with Gasteiger partial charge >= 0.3 is 11.9 Å². The first-order chi connectivity index (χ1) is 16.8. The first-order valence-electron chi connectivity index (χ1n) is 11.7. The van der Waals surface area contributed by atoms with Crippen LogP contribution < -0.4 is 0 Å². The zero-order chi connectivity index (χ0) is 24.9. The number of carboxylic acid groups (broad SMARTS) is 2. The fraction of sp³-hybridized carbons (Fsp3) is 0.333. The van der Waals surface area contributed by atoms with E-state index in [0.717, 1.165) is 48.4 Å². The lowest BCUT2D eigenvalue weighted by Gasteiger charge is -2.33. The molecule has 1 saturated heterocycles. The third kappa shape index (κ3) is 6.29. The van der Waals surface area contributed by atoms with E-state index in [1.807, 2.05) is 12.1 Å². The Morgan fingerprint density at radius 3 is 2.43 bits per heavy atom. The maximum Gasteiger partial charge on any atom is 0.328 e. The Balaban J connectivity index is 0.000000314. The molecule has 0 amide bonds. The van der Waals surface area contributed by atoms with E-state index >= 15 is 0 Å². The molecule has 8 heteroatoms. The highest BCUT2D eigenvalue weighted by molar-refractivity contribution is 6.30. The molecular formula is C27H28ClFN2O4. The van der Waals surface area contributed by atoms with Crippen molar-refractivity contribution in [2.75, 3.05) is 19.6 Å². The van der Waals surface area contributed by atoms with Crippen LogP contribution in [0, 0.1) is 5.82 Å². The lowest BCUT2D eigenvalue weighted by molar-refractivity contribution is -0.134. The number of H-pyrrole nitrogens is 1. The monoisotopic (exact) mass is 498 g/mol. The molecule has 1 atom stereocenters. The number of hydrogen-bond acceptors (Lipinski definition) is 3. The number of nitrogens with one attached hydrogen (secondary N) is 1. The highest BCUT2D eigenvalue weighted by atomic mass is 35.5. The molecule has 5 rings (SSSR count). The average molecular weight is 499 g/mol. The minimum atomic E-state index is -1.26. The van der Waals surface area contributed by atoms with Gasteiger partial charge in [-0.3, -0.25) is 0 Å². The molecule has 2 aliphatic rings. The van der Waals surface area contributed by atoms with Crippen LogP contribution in [0.5, 0.6) is 0 Å². The first-order valence-corrected chi connectivity index (χ1v) is 12.1. The lowest BCUT2D eigenvalue weighted by Crippen LogP contribution is -2.35. The summed E-state index contributed by atoms with van der Waals surface area (Å²) in [5, 5.41) is 17.5. The Morgan fingerprint density at radius 1 is 1.03 bits per heavy atom. The minimum absolute atomic E-state index is 0.153. The number of carboxylic acids is 2. The van der Waals surface area contributed by atoms with Crippen LogP contribution >= 0.6 is 11.6 Å². The second kappa shape index (κ2) is 11.1. The summed E-state index contributed by atoms with van der Waals surface area (Å²) in [6, 6.07) is 11.4. The van der Waals surface area contributed by atoms with Gasteiger partial charge in [-0.1, -0.05) is 17.7 Å². The Kier molecular flexibility index (Phi) is 7.88. The summed E-state index contributed by atoms with van der Waals surface area (Å²) in [7, 11) is 0. The van der Waals surface area contributed by atoms with Crippen LogP contribution in [0.3, 0.4) is 0 Å². The molecule has 1 fully saturated rings. The molecule has 3 aromatic rings. The molecule has 0 radical (unpaired) electrons. The molecule has 0 saturated carbocycles. The number of rotatable bonds is 5. The van der Waals surface area contributed by atoms with E-state index in [4.69, 9.17) is 21.8 Å². The summed E-state index contributed by atoms with van der Waals surface area (Å²) in [6.07, 6.45) is 7.88. The molecule has 1 aromatic heterocycles. The Morgan fingerprint density at radius 2 is 1.74 bits per heavy atom.